The van der Waals surface area contributed by atoms with E-state index in [1.54, 1.807) is 0 Å². The lowest BCUT2D eigenvalue weighted by Gasteiger charge is -2.31. The molecular formula is C16H20O4. The lowest BCUT2D eigenvalue weighted by molar-refractivity contribution is -0.156. The van der Waals surface area contributed by atoms with Crippen molar-refractivity contribution >= 4 is 5.97 Å². The van der Waals surface area contributed by atoms with E-state index in [9.17, 15) is 4.79 Å². The fraction of sp³-hybridized carbons (Fsp3) is 0.562. The third kappa shape index (κ3) is 2.72. The molecule has 3 rings (SSSR count). The molecule has 20 heavy (non-hydrogen) atoms. The van der Waals surface area contributed by atoms with Crippen molar-refractivity contribution in [3.05, 3.63) is 35.4 Å². The molecule has 0 radical (unpaired) electrons. The third-order valence-electron chi connectivity index (χ3n) is 4.36. The van der Waals surface area contributed by atoms with E-state index in [1.807, 2.05) is 24.3 Å². The Labute approximate surface area is 118 Å². The number of hydrogen-bond acceptors (Lipinski definition) is 4. The van der Waals surface area contributed by atoms with E-state index in [0.29, 0.717) is 19.6 Å². The highest BCUT2D eigenvalue weighted by Gasteiger charge is 2.47. The molecular weight excluding hydrogens is 256 g/mol. The van der Waals surface area contributed by atoms with Gasteiger partial charge in [0.15, 0.2) is 0 Å². The molecule has 4 nitrogen and oxygen atoms in total. The van der Waals surface area contributed by atoms with Crippen LogP contribution in [-0.4, -0.2) is 29.9 Å². The van der Waals surface area contributed by atoms with E-state index in [-0.39, 0.29) is 24.1 Å². The summed E-state index contributed by atoms with van der Waals surface area (Å²) in [6, 6.07) is 7.77. The lowest BCUT2D eigenvalue weighted by Crippen LogP contribution is -2.35. The maximum absolute atomic E-state index is 12.1. The molecule has 108 valence electrons. The van der Waals surface area contributed by atoms with Crippen LogP contribution in [-0.2, 0) is 27.3 Å². The molecule has 1 aromatic rings. The molecule has 1 N–H and O–H groups in total. The van der Waals surface area contributed by atoms with Crippen LogP contribution in [0.5, 0.6) is 0 Å². The molecule has 0 aliphatic carbocycles. The fourth-order valence-corrected chi connectivity index (χ4v) is 3.14. The topological polar surface area (TPSA) is 55.8 Å². The van der Waals surface area contributed by atoms with Crippen molar-refractivity contribution in [3.63, 3.8) is 0 Å². The Kier molecular flexibility index (Phi) is 3.76. The van der Waals surface area contributed by atoms with Gasteiger partial charge in [-0.3, -0.25) is 4.79 Å². The molecule has 0 saturated carbocycles. The molecule has 2 aliphatic heterocycles. The highest BCUT2D eigenvalue weighted by atomic mass is 16.6. The van der Waals surface area contributed by atoms with Crippen LogP contribution in [0.4, 0.5) is 0 Å². The summed E-state index contributed by atoms with van der Waals surface area (Å²) in [7, 11) is 0. The van der Waals surface area contributed by atoms with Gasteiger partial charge in [-0.15, -0.1) is 0 Å². The SMILES string of the molecule is O=C1OC2(CCOCC2)CC1Cc1ccc(CO)cc1. The average Bonchev–Trinajstić information content (AvgIpc) is 2.76. The maximum atomic E-state index is 12.1. The largest absolute Gasteiger partial charge is 0.459 e. The maximum Gasteiger partial charge on any atom is 0.309 e. The van der Waals surface area contributed by atoms with E-state index < -0.39 is 0 Å². The zero-order valence-electron chi connectivity index (χ0n) is 11.5. The highest BCUT2D eigenvalue weighted by molar-refractivity contribution is 5.75. The number of aliphatic hydroxyl groups excluding tert-OH is 1. The Bertz CT molecular complexity index is 474. The third-order valence-corrected chi connectivity index (χ3v) is 4.36. The second kappa shape index (κ2) is 5.54. The number of carbonyl (C=O) groups is 1. The number of hydrogen-bond donors (Lipinski definition) is 1. The van der Waals surface area contributed by atoms with Gasteiger partial charge < -0.3 is 14.6 Å². The summed E-state index contributed by atoms with van der Waals surface area (Å²) in [5, 5.41) is 9.03. The number of ether oxygens (including phenoxy) is 2. The van der Waals surface area contributed by atoms with Crippen molar-refractivity contribution in [2.24, 2.45) is 5.92 Å². The lowest BCUT2D eigenvalue weighted by atomic mass is 9.85. The summed E-state index contributed by atoms with van der Waals surface area (Å²) in [5.41, 5.74) is 1.74. The minimum Gasteiger partial charge on any atom is -0.459 e. The average molecular weight is 276 g/mol. The zero-order chi connectivity index (χ0) is 14.0. The van der Waals surface area contributed by atoms with Gasteiger partial charge in [0.05, 0.1) is 25.7 Å². The van der Waals surface area contributed by atoms with Crippen LogP contribution < -0.4 is 0 Å². The standard InChI is InChI=1S/C16H20O4/c17-11-13-3-1-12(2-4-13)9-14-10-16(20-15(14)18)5-7-19-8-6-16/h1-4,14,17H,5-11H2. The van der Waals surface area contributed by atoms with Gasteiger partial charge in [-0.2, -0.15) is 0 Å². The molecule has 4 heteroatoms. The Morgan fingerprint density at radius 3 is 2.45 bits per heavy atom. The number of rotatable bonds is 3. The van der Waals surface area contributed by atoms with Crippen LogP contribution in [0.2, 0.25) is 0 Å². The van der Waals surface area contributed by atoms with Crippen molar-refractivity contribution in [2.75, 3.05) is 13.2 Å². The van der Waals surface area contributed by atoms with Gasteiger partial charge >= 0.3 is 5.97 Å². The molecule has 0 aromatic heterocycles. The normalized spacial score (nSPS) is 24.9. The van der Waals surface area contributed by atoms with Crippen LogP contribution in [0.3, 0.4) is 0 Å². The number of benzene rings is 1. The summed E-state index contributed by atoms with van der Waals surface area (Å²) in [5.74, 6) is -0.119. The van der Waals surface area contributed by atoms with Gasteiger partial charge in [0, 0.05) is 19.3 Å². The summed E-state index contributed by atoms with van der Waals surface area (Å²) in [6.07, 6.45) is 3.15. The molecule has 2 heterocycles. The van der Waals surface area contributed by atoms with Crippen LogP contribution in [0.1, 0.15) is 30.4 Å². The van der Waals surface area contributed by atoms with E-state index in [0.717, 1.165) is 30.4 Å². The van der Waals surface area contributed by atoms with Crippen molar-refractivity contribution in [1.29, 1.82) is 0 Å². The molecule has 2 aliphatic rings. The monoisotopic (exact) mass is 276 g/mol. The van der Waals surface area contributed by atoms with Crippen molar-refractivity contribution in [3.8, 4) is 0 Å². The summed E-state index contributed by atoms with van der Waals surface area (Å²) in [6.45, 7) is 1.42. The van der Waals surface area contributed by atoms with Gasteiger partial charge in [-0.05, 0) is 17.5 Å². The van der Waals surface area contributed by atoms with E-state index in [2.05, 4.69) is 0 Å². The molecule has 2 saturated heterocycles. The Morgan fingerprint density at radius 2 is 1.80 bits per heavy atom. The van der Waals surface area contributed by atoms with Crippen molar-refractivity contribution in [2.45, 2.75) is 37.9 Å². The van der Waals surface area contributed by atoms with Gasteiger partial charge in [-0.1, -0.05) is 24.3 Å². The molecule has 1 atom stereocenters. The second-order valence-corrected chi connectivity index (χ2v) is 5.80. The first kappa shape index (κ1) is 13.6. The molecule has 1 spiro atoms. The molecule has 0 bridgehead atoms. The number of esters is 1. The fourth-order valence-electron chi connectivity index (χ4n) is 3.14. The van der Waals surface area contributed by atoms with Gasteiger partial charge in [-0.25, -0.2) is 0 Å². The zero-order valence-corrected chi connectivity index (χ0v) is 11.5. The van der Waals surface area contributed by atoms with Crippen LogP contribution in [0, 0.1) is 5.92 Å². The van der Waals surface area contributed by atoms with Crippen molar-refractivity contribution < 1.29 is 19.4 Å². The smallest absolute Gasteiger partial charge is 0.309 e. The molecule has 0 amide bonds. The number of aliphatic hydroxyl groups is 1. The minimum absolute atomic E-state index is 0.0481. The second-order valence-electron chi connectivity index (χ2n) is 5.80. The Hall–Kier alpha value is -1.39. The van der Waals surface area contributed by atoms with Gasteiger partial charge in [0.2, 0.25) is 0 Å². The summed E-state index contributed by atoms with van der Waals surface area (Å²) in [4.78, 5) is 12.1. The van der Waals surface area contributed by atoms with Crippen LogP contribution in [0.25, 0.3) is 0 Å². The van der Waals surface area contributed by atoms with E-state index in [1.165, 1.54) is 0 Å². The quantitative estimate of drug-likeness (QED) is 0.856. The predicted octanol–water partition coefficient (Wildman–Crippen LogP) is 1.83. The van der Waals surface area contributed by atoms with E-state index in [4.69, 9.17) is 14.6 Å². The molecule has 1 unspecified atom stereocenters. The first-order valence-corrected chi connectivity index (χ1v) is 7.20. The minimum atomic E-state index is -0.273. The Balaban J connectivity index is 1.66. The first-order valence-electron chi connectivity index (χ1n) is 7.20. The Morgan fingerprint density at radius 1 is 1.15 bits per heavy atom. The van der Waals surface area contributed by atoms with Gasteiger partial charge in [0.25, 0.3) is 0 Å². The van der Waals surface area contributed by atoms with Crippen LogP contribution in [0.15, 0.2) is 24.3 Å². The molecule has 2 fully saturated rings. The van der Waals surface area contributed by atoms with Gasteiger partial charge in [0.1, 0.15) is 5.60 Å². The van der Waals surface area contributed by atoms with E-state index >= 15 is 0 Å². The first-order chi connectivity index (χ1) is 9.71. The predicted molar refractivity (Wildman–Crippen MR) is 73.1 cm³/mol. The summed E-state index contributed by atoms with van der Waals surface area (Å²) < 4.78 is 11.0. The highest BCUT2D eigenvalue weighted by Crippen LogP contribution is 2.40. The number of carbonyl (C=O) groups excluding carboxylic acids is 1. The van der Waals surface area contributed by atoms with Crippen LogP contribution >= 0.6 is 0 Å². The van der Waals surface area contributed by atoms with Crippen molar-refractivity contribution in [1.82, 2.24) is 0 Å². The summed E-state index contributed by atoms with van der Waals surface area (Å²) >= 11 is 0. The molecule has 1 aromatic carbocycles.